The van der Waals surface area contributed by atoms with E-state index in [1.54, 1.807) is 0 Å². The highest BCUT2D eigenvalue weighted by atomic mass is 14.7. The molecule has 0 aliphatic carbocycles. The predicted molar refractivity (Wildman–Crippen MR) is 95.2 cm³/mol. The van der Waals surface area contributed by atoms with Crippen molar-refractivity contribution in [3.05, 3.63) is 90.5 Å². The third-order valence-corrected chi connectivity index (χ3v) is 3.90. The van der Waals surface area contributed by atoms with Crippen LogP contribution in [-0.4, -0.2) is 6.21 Å². The van der Waals surface area contributed by atoms with Gasteiger partial charge in [0.2, 0.25) is 0 Å². The fourth-order valence-electron chi connectivity index (χ4n) is 2.82. The minimum atomic E-state index is 1.01. The molecule has 0 saturated carbocycles. The Morgan fingerprint density at radius 3 is 2.05 bits per heavy atom. The van der Waals surface area contributed by atoms with E-state index in [2.05, 4.69) is 66.7 Å². The Labute approximate surface area is 129 Å². The molecule has 0 unspecified atom stereocenters. The van der Waals surface area contributed by atoms with Gasteiger partial charge in [0.15, 0.2) is 0 Å². The van der Waals surface area contributed by atoms with Crippen LogP contribution < -0.4 is 0 Å². The maximum absolute atomic E-state index is 4.73. The molecular formula is C21H15N. The molecule has 0 aliphatic rings. The van der Waals surface area contributed by atoms with Gasteiger partial charge in [0.1, 0.15) is 0 Å². The van der Waals surface area contributed by atoms with Gasteiger partial charge in [-0.25, -0.2) is 0 Å². The van der Waals surface area contributed by atoms with Crippen molar-refractivity contribution in [2.45, 2.75) is 0 Å². The van der Waals surface area contributed by atoms with Gasteiger partial charge in [-0.2, -0.15) is 0 Å². The fraction of sp³-hybridized carbons (Fsp3) is 0. The van der Waals surface area contributed by atoms with Crippen LogP contribution in [0.1, 0.15) is 5.56 Å². The molecule has 4 aromatic carbocycles. The van der Waals surface area contributed by atoms with Crippen LogP contribution in [0.3, 0.4) is 0 Å². The van der Waals surface area contributed by atoms with E-state index >= 15 is 0 Å². The average Bonchev–Trinajstić information content (AvgIpc) is 2.60. The van der Waals surface area contributed by atoms with Crippen molar-refractivity contribution in [1.29, 1.82) is 0 Å². The number of hydrogen-bond donors (Lipinski definition) is 0. The Morgan fingerprint density at radius 2 is 1.23 bits per heavy atom. The minimum absolute atomic E-state index is 1.01. The Hall–Kier alpha value is -2.93. The van der Waals surface area contributed by atoms with Crippen molar-refractivity contribution < 1.29 is 0 Å². The van der Waals surface area contributed by atoms with E-state index in [4.69, 9.17) is 4.99 Å². The maximum atomic E-state index is 4.73. The molecule has 0 aliphatic heterocycles. The average molecular weight is 281 g/mol. The van der Waals surface area contributed by atoms with Gasteiger partial charge in [0, 0.05) is 11.6 Å². The van der Waals surface area contributed by atoms with Gasteiger partial charge in [-0.1, -0.05) is 78.9 Å². The summed E-state index contributed by atoms with van der Waals surface area (Å²) in [7, 11) is 0. The van der Waals surface area contributed by atoms with Gasteiger partial charge in [-0.05, 0) is 27.8 Å². The first-order valence-electron chi connectivity index (χ1n) is 7.41. The Morgan fingerprint density at radius 1 is 0.591 bits per heavy atom. The molecule has 4 aromatic rings. The van der Waals surface area contributed by atoms with E-state index in [9.17, 15) is 0 Å². The molecule has 22 heavy (non-hydrogen) atoms. The van der Waals surface area contributed by atoms with Crippen LogP contribution in [-0.2, 0) is 0 Å². The van der Waals surface area contributed by atoms with Crippen LogP contribution in [0, 0.1) is 0 Å². The van der Waals surface area contributed by atoms with Crippen molar-refractivity contribution in [1.82, 2.24) is 0 Å². The predicted octanol–water partition coefficient (Wildman–Crippen LogP) is 5.74. The first kappa shape index (κ1) is 12.8. The number of aliphatic imine (C=N–C) groups is 1. The standard InChI is InChI=1S/C21H15N/c1-2-8-16(9-3-1)15-22-21-14-17-10-4-5-11-18(17)19-12-6-7-13-20(19)21/h1-15H. The largest absolute Gasteiger partial charge is 0.256 e. The highest BCUT2D eigenvalue weighted by molar-refractivity contribution is 6.12. The first-order chi connectivity index (χ1) is 10.9. The van der Waals surface area contributed by atoms with Gasteiger partial charge in [0.05, 0.1) is 5.69 Å². The monoisotopic (exact) mass is 281 g/mol. The summed E-state index contributed by atoms with van der Waals surface area (Å²) in [6, 6.07) is 29.3. The molecule has 0 radical (unpaired) electrons. The molecule has 0 spiro atoms. The number of rotatable bonds is 2. The lowest BCUT2D eigenvalue weighted by Crippen LogP contribution is -1.81. The van der Waals surface area contributed by atoms with Crippen LogP contribution >= 0.6 is 0 Å². The van der Waals surface area contributed by atoms with Crippen LogP contribution in [0.4, 0.5) is 5.69 Å². The van der Waals surface area contributed by atoms with Crippen molar-refractivity contribution >= 4 is 33.4 Å². The van der Waals surface area contributed by atoms with Crippen LogP contribution in [0.5, 0.6) is 0 Å². The second-order valence-corrected chi connectivity index (χ2v) is 5.33. The van der Waals surface area contributed by atoms with Crippen LogP contribution in [0.2, 0.25) is 0 Å². The molecule has 1 heteroatoms. The fourth-order valence-corrected chi connectivity index (χ4v) is 2.82. The Bertz CT molecular complexity index is 969. The Kier molecular flexibility index (Phi) is 3.17. The molecule has 0 atom stereocenters. The van der Waals surface area contributed by atoms with Gasteiger partial charge >= 0.3 is 0 Å². The van der Waals surface area contributed by atoms with Crippen molar-refractivity contribution in [3.63, 3.8) is 0 Å². The van der Waals surface area contributed by atoms with Crippen LogP contribution in [0.15, 0.2) is 89.9 Å². The molecule has 0 aromatic heterocycles. The van der Waals surface area contributed by atoms with Crippen molar-refractivity contribution in [2.24, 2.45) is 4.99 Å². The summed E-state index contributed by atoms with van der Waals surface area (Å²) in [6.07, 6.45) is 1.93. The summed E-state index contributed by atoms with van der Waals surface area (Å²) in [5.74, 6) is 0. The molecule has 0 saturated heterocycles. The molecule has 1 nitrogen and oxygen atoms in total. The van der Waals surface area contributed by atoms with E-state index < -0.39 is 0 Å². The molecule has 0 bridgehead atoms. The van der Waals surface area contributed by atoms with Gasteiger partial charge in [0.25, 0.3) is 0 Å². The van der Waals surface area contributed by atoms with Gasteiger partial charge in [-0.15, -0.1) is 0 Å². The molecule has 0 N–H and O–H groups in total. The van der Waals surface area contributed by atoms with E-state index in [0.717, 1.165) is 11.3 Å². The summed E-state index contributed by atoms with van der Waals surface area (Å²) < 4.78 is 0. The van der Waals surface area contributed by atoms with E-state index in [1.807, 2.05) is 24.4 Å². The summed E-state index contributed by atoms with van der Waals surface area (Å²) in [5.41, 5.74) is 2.12. The topological polar surface area (TPSA) is 12.4 Å². The third-order valence-electron chi connectivity index (χ3n) is 3.90. The quantitative estimate of drug-likeness (QED) is 0.328. The number of benzene rings is 4. The van der Waals surface area contributed by atoms with E-state index in [1.165, 1.54) is 21.5 Å². The lowest BCUT2D eigenvalue weighted by molar-refractivity contribution is 1.57. The Balaban J connectivity index is 1.94. The highest BCUT2D eigenvalue weighted by Gasteiger charge is 2.04. The summed E-state index contributed by atoms with van der Waals surface area (Å²) in [5, 5.41) is 4.94. The first-order valence-corrected chi connectivity index (χ1v) is 7.41. The maximum Gasteiger partial charge on any atom is 0.0714 e. The molecular weight excluding hydrogens is 266 g/mol. The SMILES string of the molecule is C(=Nc1cc2ccccc2c2ccccc12)c1ccccc1. The zero-order valence-electron chi connectivity index (χ0n) is 12.1. The van der Waals surface area contributed by atoms with E-state index in [-0.39, 0.29) is 0 Å². The highest BCUT2D eigenvalue weighted by Crippen LogP contribution is 2.33. The summed E-state index contributed by atoms with van der Waals surface area (Å²) in [4.78, 5) is 4.73. The van der Waals surface area contributed by atoms with Crippen molar-refractivity contribution in [2.75, 3.05) is 0 Å². The minimum Gasteiger partial charge on any atom is -0.256 e. The third kappa shape index (κ3) is 2.27. The molecule has 0 heterocycles. The number of fused-ring (bicyclic) bond motifs is 3. The second kappa shape index (κ2) is 5.45. The second-order valence-electron chi connectivity index (χ2n) is 5.33. The van der Waals surface area contributed by atoms with Crippen LogP contribution in [0.25, 0.3) is 21.5 Å². The zero-order chi connectivity index (χ0) is 14.8. The number of hydrogen-bond acceptors (Lipinski definition) is 1. The van der Waals surface area contributed by atoms with Crippen molar-refractivity contribution in [3.8, 4) is 0 Å². The number of nitrogens with zero attached hydrogens (tertiary/aromatic N) is 1. The summed E-state index contributed by atoms with van der Waals surface area (Å²) in [6.45, 7) is 0. The van der Waals surface area contributed by atoms with Gasteiger partial charge < -0.3 is 0 Å². The normalized spacial score (nSPS) is 11.5. The summed E-state index contributed by atoms with van der Waals surface area (Å²) >= 11 is 0. The molecule has 104 valence electrons. The molecule has 0 fully saturated rings. The van der Waals surface area contributed by atoms with Gasteiger partial charge in [-0.3, -0.25) is 4.99 Å². The smallest absolute Gasteiger partial charge is 0.0714 e. The lowest BCUT2D eigenvalue weighted by Gasteiger charge is -2.07. The lowest BCUT2D eigenvalue weighted by atomic mass is 10.0. The van der Waals surface area contributed by atoms with E-state index in [0.29, 0.717) is 0 Å². The molecule has 0 amide bonds. The molecule has 4 rings (SSSR count). The zero-order valence-corrected chi connectivity index (χ0v) is 12.1.